The summed E-state index contributed by atoms with van der Waals surface area (Å²) in [7, 11) is 5.92. The number of likely N-dealkylation sites (tertiary alicyclic amines) is 1. The Balaban J connectivity index is 2.06. The van der Waals surface area contributed by atoms with E-state index in [1.54, 1.807) is 7.11 Å². The third kappa shape index (κ3) is 4.87. The molecule has 5 nitrogen and oxygen atoms in total. The highest BCUT2D eigenvalue weighted by molar-refractivity contribution is 5.80. The number of methoxy groups -OCH3 is 1. The maximum absolute atomic E-state index is 5.30. The molecule has 1 unspecified atom stereocenters. The van der Waals surface area contributed by atoms with E-state index in [1.807, 2.05) is 0 Å². The van der Waals surface area contributed by atoms with Crippen molar-refractivity contribution < 1.29 is 4.74 Å². The number of nitrogens with one attached hydrogen (secondary N) is 1. The fraction of sp³-hybridized carbons (Fsp3) is 0.632. The van der Waals surface area contributed by atoms with Gasteiger partial charge in [0, 0.05) is 52.4 Å². The molecule has 0 aliphatic carbocycles. The monoisotopic (exact) mass is 332 g/mol. The first-order valence-corrected chi connectivity index (χ1v) is 8.84. The van der Waals surface area contributed by atoms with E-state index in [2.05, 4.69) is 61.3 Å². The molecule has 0 aromatic heterocycles. The number of ether oxygens (including phenoxy) is 1. The summed E-state index contributed by atoms with van der Waals surface area (Å²) in [6.07, 6.45) is 1.18. The molecule has 0 radical (unpaired) electrons. The van der Waals surface area contributed by atoms with Gasteiger partial charge in [-0.2, -0.15) is 0 Å². The van der Waals surface area contributed by atoms with Crippen molar-refractivity contribution in [1.82, 2.24) is 10.2 Å². The number of hydrogen-bond donors (Lipinski definition) is 1. The number of rotatable bonds is 6. The van der Waals surface area contributed by atoms with Crippen molar-refractivity contribution in [3.63, 3.8) is 0 Å². The zero-order chi connectivity index (χ0) is 17.5. The quantitative estimate of drug-likeness (QED) is 0.642. The van der Waals surface area contributed by atoms with Crippen molar-refractivity contribution in [2.45, 2.75) is 26.8 Å². The fourth-order valence-corrected chi connectivity index (χ4v) is 3.12. The molecule has 1 atom stereocenters. The number of hydrogen-bond acceptors (Lipinski definition) is 3. The number of guanidine groups is 1. The zero-order valence-corrected chi connectivity index (χ0v) is 15.8. The van der Waals surface area contributed by atoms with Crippen molar-refractivity contribution in [2.75, 3.05) is 52.3 Å². The first-order chi connectivity index (χ1) is 11.5. The predicted octanol–water partition coefficient (Wildman–Crippen LogP) is 2.49. The van der Waals surface area contributed by atoms with Gasteiger partial charge in [-0.25, -0.2) is 4.99 Å². The van der Waals surface area contributed by atoms with Crippen LogP contribution >= 0.6 is 0 Å². The number of benzene rings is 1. The van der Waals surface area contributed by atoms with Gasteiger partial charge in [0.05, 0.1) is 13.2 Å². The van der Waals surface area contributed by atoms with Crippen LogP contribution in [0.15, 0.2) is 23.2 Å². The van der Waals surface area contributed by atoms with Crippen LogP contribution in [0.5, 0.6) is 0 Å². The van der Waals surface area contributed by atoms with Crippen molar-refractivity contribution in [2.24, 2.45) is 10.9 Å². The highest BCUT2D eigenvalue weighted by atomic mass is 16.5. The zero-order valence-electron chi connectivity index (χ0n) is 15.8. The summed E-state index contributed by atoms with van der Waals surface area (Å²) in [4.78, 5) is 9.36. The van der Waals surface area contributed by atoms with Gasteiger partial charge >= 0.3 is 0 Å². The van der Waals surface area contributed by atoms with Crippen molar-refractivity contribution in [3.05, 3.63) is 29.3 Å². The molecule has 0 amide bonds. The molecule has 2 rings (SSSR count). The average Bonchev–Trinajstić information content (AvgIpc) is 3.01. The van der Waals surface area contributed by atoms with Gasteiger partial charge < -0.3 is 19.9 Å². The molecule has 1 fully saturated rings. The Bertz CT molecular complexity index is 556. The molecule has 0 spiro atoms. The Morgan fingerprint density at radius 1 is 1.42 bits per heavy atom. The molecule has 0 bridgehead atoms. The maximum Gasteiger partial charge on any atom is 0.194 e. The molecule has 24 heavy (non-hydrogen) atoms. The van der Waals surface area contributed by atoms with Crippen LogP contribution in [-0.4, -0.2) is 58.3 Å². The summed E-state index contributed by atoms with van der Waals surface area (Å²) in [5.41, 5.74) is 3.80. The average molecular weight is 332 g/mol. The van der Waals surface area contributed by atoms with Gasteiger partial charge in [-0.3, -0.25) is 0 Å². The van der Waals surface area contributed by atoms with E-state index in [4.69, 9.17) is 9.73 Å². The first kappa shape index (κ1) is 18.6. The summed E-state index contributed by atoms with van der Waals surface area (Å²) in [5.74, 6) is 1.63. The van der Waals surface area contributed by atoms with Crippen molar-refractivity contribution >= 4 is 11.6 Å². The highest BCUT2D eigenvalue weighted by Crippen LogP contribution is 2.19. The summed E-state index contributed by atoms with van der Waals surface area (Å²) < 4.78 is 5.30. The minimum Gasteiger partial charge on any atom is -0.384 e. The minimum atomic E-state index is 0.611. The molecule has 5 heteroatoms. The van der Waals surface area contributed by atoms with Crippen LogP contribution in [0.3, 0.4) is 0 Å². The van der Waals surface area contributed by atoms with Gasteiger partial charge in [0.15, 0.2) is 5.96 Å². The number of aliphatic imine (C=N–C) groups is 1. The summed E-state index contributed by atoms with van der Waals surface area (Å²) in [6, 6.07) is 6.58. The molecule has 0 saturated carbocycles. The van der Waals surface area contributed by atoms with E-state index in [1.165, 1.54) is 23.2 Å². The van der Waals surface area contributed by atoms with Crippen LogP contribution < -0.4 is 10.2 Å². The molecular weight excluding hydrogens is 300 g/mol. The molecule has 1 aromatic carbocycles. The SMILES string of the molecule is CCNC(=NCc1ccc(N(C)C)cc1C)N1CCC(COC)C1. The third-order valence-electron chi connectivity index (χ3n) is 4.56. The maximum atomic E-state index is 5.30. The van der Waals surface area contributed by atoms with Crippen molar-refractivity contribution in [1.29, 1.82) is 0 Å². The molecule has 1 aromatic rings. The highest BCUT2D eigenvalue weighted by Gasteiger charge is 2.24. The van der Waals surface area contributed by atoms with Crippen LogP contribution in [0.25, 0.3) is 0 Å². The fourth-order valence-electron chi connectivity index (χ4n) is 3.12. The van der Waals surface area contributed by atoms with Crippen LogP contribution in [-0.2, 0) is 11.3 Å². The number of aryl methyl sites for hydroxylation is 1. The first-order valence-electron chi connectivity index (χ1n) is 8.84. The van der Waals surface area contributed by atoms with Crippen LogP contribution in [0.4, 0.5) is 5.69 Å². The third-order valence-corrected chi connectivity index (χ3v) is 4.56. The van der Waals surface area contributed by atoms with Crippen LogP contribution in [0, 0.1) is 12.8 Å². The van der Waals surface area contributed by atoms with Crippen LogP contribution in [0.1, 0.15) is 24.5 Å². The van der Waals surface area contributed by atoms with E-state index in [-0.39, 0.29) is 0 Å². The van der Waals surface area contributed by atoms with E-state index in [0.29, 0.717) is 12.5 Å². The Labute approximate surface area is 146 Å². The molecule has 1 heterocycles. The van der Waals surface area contributed by atoms with Gasteiger partial charge in [-0.15, -0.1) is 0 Å². The molecule has 1 aliphatic rings. The van der Waals surface area contributed by atoms with Gasteiger partial charge in [0.1, 0.15) is 0 Å². The van der Waals surface area contributed by atoms with Gasteiger partial charge in [-0.1, -0.05) is 6.07 Å². The summed E-state index contributed by atoms with van der Waals surface area (Å²) in [6.45, 7) is 8.80. The second-order valence-electron chi connectivity index (χ2n) is 6.73. The van der Waals surface area contributed by atoms with E-state index in [9.17, 15) is 0 Å². The molecule has 134 valence electrons. The largest absolute Gasteiger partial charge is 0.384 e. The number of anilines is 1. The summed E-state index contributed by atoms with van der Waals surface area (Å²) in [5, 5.41) is 3.43. The predicted molar refractivity (Wildman–Crippen MR) is 102 cm³/mol. The smallest absolute Gasteiger partial charge is 0.194 e. The Morgan fingerprint density at radius 2 is 2.21 bits per heavy atom. The lowest BCUT2D eigenvalue weighted by atomic mass is 10.1. The van der Waals surface area contributed by atoms with E-state index < -0.39 is 0 Å². The normalized spacial score (nSPS) is 18.1. The van der Waals surface area contributed by atoms with Crippen LogP contribution in [0.2, 0.25) is 0 Å². The molecule has 1 N–H and O–H groups in total. The lowest BCUT2D eigenvalue weighted by Gasteiger charge is -2.22. The molecular formula is C19H32N4O. The topological polar surface area (TPSA) is 40.1 Å². The Morgan fingerprint density at radius 3 is 2.83 bits per heavy atom. The van der Waals surface area contributed by atoms with Gasteiger partial charge in [0.2, 0.25) is 0 Å². The van der Waals surface area contributed by atoms with E-state index in [0.717, 1.165) is 32.2 Å². The molecule has 1 aliphatic heterocycles. The molecule has 1 saturated heterocycles. The summed E-state index contributed by atoms with van der Waals surface area (Å²) >= 11 is 0. The lowest BCUT2D eigenvalue weighted by Crippen LogP contribution is -2.40. The van der Waals surface area contributed by atoms with Crippen molar-refractivity contribution in [3.8, 4) is 0 Å². The second-order valence-corrected chi connectivity index (χ2v) is 6.73. The standard InChI is InChI=1S/C19H32N4O/c1-6-20-19(23-10-9-16(13-23)14-24-5)21-12-17-7-8-18(22(3)4)11-15(17)2/h7-8,11,16H,6,9-10,12-14H2,1-5H3,(H,20,21). The van der Waals surface area contributed by atoms with Gasteiger partial charge in [-0.05, 0) is 43.5 Å². The number of nitrogens with zero attached hydrogens (tertiary/aromatic N) is 3. The minimum absolute atomic E-state index is 0.611. The lowest BCUT2D eigenvalue weighted by molar-refractivity contribution is 0.157. The Hall–Kier alpha value is -1.75. The van der Waals surface area contributed by atoms with Gasteiger partial charge in [0.25, 0.3) is 0 Å². The Kier molecular flexibility index (Phi) is 6.91. The second kappa shape index (κ2) is 8.92. The van der Waals surface area contributed by atoms with E-state index >= 15 is 0 Å².